The Morgan fingerprint density at radius 3 is 2.47 bits per heavy atom. The number of halogens is 1. The minimum Gasteiger partial charge on any atom is -0.480 e. The number of benzene rings is 1. The van der Waals surface area contributed by atoms with Gasteiger partial charge in [0.05, 0.1) is 12.6 Å². The molecule has 0 aliphatic rings. The summed E-state index contributed by atoms with van der Waals surface area (Å²) in [5.41, 5.74) is 0.286. The first kappa shape index (κ1) is 14.9. The quantitative estimate of drug-likeness (QED) is 0.630. The van der Waals surface area contributed by atoms with E-state index in [1.807, 2.05) is 0 Å². The molecule has 0 aliphatic heterocycles. The third-order valence-corrected chi connectivity index (χ3v) is 2.51. The molecular weight excluding hydrogens is 255 g/mol. The highest BCUT2D eigenvalue weighted by Crippen LogP contribution is 2.15. The molecule has 2 atom stereocenters. The smallest absolute Gasteiger partial charge is 0.328 e. The number of hydrogen-bond donors (Lipinski definition) is 4. The third kappa shape index (κ3) is 4.22. The molecule has 104 valence electrons. The zero-order valence-electron chi connectivity index (χ0n) is 10.3. The molecule has 19 heavy (non-hydrogen) atoms. The molecule has 1 aromatic rings. The molecule has 6 nitrogen and oxygen atoms in total. The fourth-order valence-corrected chi connectivity index (χ4v) is 1.49. The molecule has 0 spiro atoms. The first-order valence-corrected chi connectivity index (χ1v) is 5.60. The van der Waals surface area contributed by atoms with Crippen LogP contribution in [0.25, 0.3) is 0 Å². The number of aliphatic hydroxyl groups is 1. The van der Waals surface area contributed by atoms with Crippen LogP contribution < -0.4 is 10.6 Å². The van der Waals surface area contributed by atoms with Crippen LogP contribution in [0.1, 0.15) is 18.5 Å². The molecule has 0 aliphatic carbocycles. The van der Waals surface area contributed by atoms with Crippen LogP contribution in [0, 0.1) is 5.82 Å². The number of carboxylic acids is 1. The van der Waals surface area contributed by atoms with Crippen molar-refractivity contribution in [3.63, 3.8) is 0 Å². The lowest BCUT2D eigenvalue weighted by Gasteiger charge is -2.17. The summed E-state index contributed by atoms with van der Waals surface area (Å²) >= 11 is 0. The van der Waals surface area contributed by atoms with Crippen molar-refractivity contribution in [2.45, 2.75) is 19.0 Å². The van der Waals surface area contributed by atoms with E-state index in [1.165, 1.54) is 18.2 Å². The molecule has 7 heteroatoms. The Morgan fingerprint density at radius 2 is 1.95 bits per heavy atom. The van der Waals surface area contributed by atoms with Gasteiger partial charge in [0.25, 0.3) is 0 Å². The molecule has 4 N–H and O–H groups in total. The molecule has 0 fully saturated rings. The Balaban J connectivity index is 2.62. The van der Waals surface area contributed by atoms with Crippen molar-refractivity contribution in [3.8, 4) is 0 Å². The average molecular weight is 270 g/mol. The summed E-state index contributed by atoms with van der Waals surface area (Å²) in [6.45, 7) is 0.837. The molecule has 0 heterocycles. The summed E-state index contributed by atoms with van der Waals surface area (Å²) in [7, 11) is 0. The SMILES string of the molecule is CC(NC(=O)NC(CO)C(=O)O)c1ccccc1F. The van der Waals surface area contributed by atoms with Crippen molar-refractivity contribution >= 4 is 12.0 Å². The molecule has 0 radical (unpaired) electrons. The first-order valence-electron chi connectivity index (χ1n) is 5.60. The van der Waals surface area contributed by atoms with E-state index in [2.05, 4.69) is 10.6 Å². The Labute approximate surface area is 109 Å². The topological polar surface area (TPSA) is 98.7 Å². The van der Waals surface area contributed by atoms with Crippen LogP contribution in [0.15, 0.2) is 24.3 Å². The van der Waals surface area contributed by atoms with E-state index >= 15 is 0 Å². The first-order chi connectivity index (χ1) is 8.95. The van der Waals surface area contributed by atoms with E-state index in [0.717, 1.165) is 0 Å². The Morgan fingerprint density at radius 1 is 1.32 bits per heavy atom. The van der Waals surface area contributed by atoms with Crippen molar-refractivity contribution in [3.05, 3.63) is 35.6 Å². The molecule has 1 aromatic carbocycles. The van der Waals surface area contributed by atoms with Gasteiger partial charge in [-0.15, -0.1) is 0 Å². The monoisotopic (exact) mass is 270 g/mol. The van der Waals surface area contributed by atoms with Crippen LogP contribution >= 0.6 is 0 Å². The van der Waals surface area contributed by atoms with Gasteiger partial charge in [0, 0.05) is 5.56 Å². The fraction of sp³-hybridized carbons (Fsp3) is 0.333. The Hall–Kier alpha value is -2.15. The summed E-state index contributed by atoms with van der Waals surface area (Å²) in [6, 6.07) is 3.11. The van der Waals surface area contributed by atoms with Gasteiger partial charge in [-0.25, -0.2) is 14.0 Å². The van der Waals surface area contributed by atoms with Crippen LogP contribution in [-0.4, -0.2) is 34.9 Å². The number of amides is 2. The van der Waals surface area contributed by atoms with E-state index in [1.54, 1.807) is 13.0 Å². The summed E-state index contributed by atoms with van der Waals surface area (Å²) in [5.74, 6) is -1.82. The number of rotatable bonds is 5. The average Bonchev–Trinajstić information content (AvgIpc) is 2.35. The fourth-order valence-electron chi connectivity index (χ4n) is 1.49. The molecule has 0 aromatic heterocycles. The maximum Gasteiger partial charge on any atom is 0.328 e. The summed E-state index contributed by atoms with van der Waals surface area (Å²) in [6.07, 6.45) is 0. The minimum atomic E-state index is -1.40. The number of carboxylic acid groups (broad SMARTS) is 1. The number of nitrogens with one attached hydrogen (secondary N) is 2. The van der Waals surface area contributed by atoms with Gasteiger partial charge < -0.3 is 20.8 Å². The highest BCUT2D eigenvalue weighted by molar-refractivity contribution is 5.82. The zero-order chi connectivity index (χ0) is 14.4. The van der Waals surface area contributed by atoms with Crippen molar-refractivity contribution in [1.29, 1.82) is 0 Å². The van der Waals surface area contributed by atoms with Gasteiger partial charge >= 0.3 is 12.0 Å². The summed E-state index contributed by atoms with van der Waals surface area (Å²) in [5, 5.41) is 21.9. The van der Waals surface area contributed by atoms with Gasteiger partial charge in [-0.2, -0.15) is 0 Å². The van der Waals surface area contributed by atoms with Crippen molar-refractivity contribution in [1.82, 2.24) is 10.6 Å². The van der Waals surface area contributed by atoms with Crippen LogP contribution in [0.2, 0.25) is 0 Å². The number of urea groups is 1. The van der Waals surface area contributed by atoms with Crippen LogP contribution in [0.3, 0.4) is 0 Å². The minimum absolute atomic E-state index is 0.286. The zero-order valence-corrected chi connectivity index (χ0v) is 10.3. The van der Waals surface area contributed by atoms with Gasteiger partial charge in [0.1, 0.15) is 5.82 Å². The second-order valence-electron chi connectivity index (χ2n) is 3.93. The van der Waals surface area contributed by atoms with Gasteiger partial charge in [-0.05, 0) is 13.0 Å². The van der Waals surface area contributed by atoms with E-state index < -0.39 is 36.5 Å². The van der Waals surface area contributed by atoms with E-state index in [9.17, 15) is 14.0 Å². The maximum absolute atomic E-state index is 13.4. The number of carbonyl (C=O) groups is 2. The van der Waals surface area contributed by atoms with Gasteiger partial charge in [0.2, 0.25) is 0 Å². The van der Waals surface area contributed by atoms with E-state index in [4.69, 9.17) is 10.2 Å². The lowest BCUT2D eigenvalue weighted by molar-refractivity contribution is -0.140. The highest BCUT2D eigenvalue weighted by Gasteiger charge is 2.20. The number of aliphatic carboxylic acids is 1. The van der Waals surface area contributed by atoms with Gasteiger partial charge in [0.15, 0.2) is 6.04 Å². The van der Waals surface area contributed by atoms with E-state index in [0.29, 0.717) is 0 Å². The molecule has 0 saturated carbocycles. The maximum atomic E-state index is 13.4. The molecule has 1 rings (SSSR count). The molecular formula is C12H15FN2O4. The molecule has 0 bridgehead atoms. The van der Waals surface area contributed by atoms with Crippen molar-refractivity contribution in [2.75, 3.05) is 6.61 Å². The van der Waals surface area contributed by atoms with Crippen LogP contribution in [0.4, 0.5) is 9.18 Å². The molecule has 2 amide bonds. The Kier molecular flexibility index (Phi) is 5.25. The Bertz CT molecular complexity index is 467. The van der Waals surface area contributed by atoms with Crippen LogP contribution in [-0.2, 0) is 4.79 Å². The van der Waals surface area contributed by atoms with Gasteiger partial charge in [-0.1, -0.05) is 18.2 Å². The second kappa shape index (κ2) is 6.69. The summed E-state index contributed by atoms with van der Waals surface area (Å²) in [4.78, 5) is 22.1. The van der Waals surface area contributed by atoms with Crippen LogP contribution in [0.5, 0.6) is 0 Å². The second-order valence-corrected chi connectivity index (χ2v) is 3.93. The normalized spacial score (nSPS) is 13.4. The molecule has 0 saturated heterocycles. The lowest BCUT2D eigenvalue weighted by atomic mass is 10.1. The standard InChI is InChI=1S/C12H15FN2O4/c1-7(8-4-2-3-5-9(8)13)14-12(19)15-10(6-16)11(17)18/h2-5,7,10,16H,6H2,1H3,(H,17,18)(H2,14,15,19). The van der Waals surface area contributed by atoms with Gasteiger partial charge in [-0.3, -0.25) is 0 Å². The number of carbonyl (C=O) groups excluding carboxylic acids is 1. The summed E-state index contributed by atoms with van der Waals surface area (Å²) < 4.78 is 13.4. The third-order valence-electron chi connectivity index (χ3n) is 2.51. The largest absolute Gasteiger partial charge is 0.480 e. The van der Waals surface area contributed by atoms with Crippen molar-refractivity contribution < 1.29 is 24.2 Å². The van der Waals surface area contributed by atoms with E-state index in [-0.39, 0.29) is 5.56 Å². The predicted octanol–water partition coefficient (Wildman–Crippen LogP) is 0.631. The highest BCUT2D eigenvalue weighted by atomic mass is 19.1. The predicted molar refractivity (Wildman–Crippen MR) is 65.0 cm³/mol. The molecule has 2 unspecified atom stereocenters. The van der Waals surface area contributed by atoms with Crippen molar-refractivity contribution in [2.24, 2.45) is 0 Å². The lowest BCUT2D eigenvalue weighted by Crippen LogP contribution is -2.48. The number of aliphatic hydroxyl groups excluding tert-OH is 1. The number of hydrogen-bond acceptors (Lipinski definition) is 3.